The molecule has 0 saturated heterocycles. The predicted molar refractivity (Wildman–Crippen MR) is 41.8 cm³/mol. The Kier molecular flexibility index (Phi) is 2.60. The summed E-state index contributed by atoms with van der Waals surface area (Å²) in [5, 5.41) is 0. The monoisotopic (exact) mass is 154 g/mol. The van der Waals surface area contributed by atoms with Crippen molar-refractivity contribution in [2.45, 2.75) is 13.0 Å². The van der Waals surface area contributed by atoms with Crippen molar-refractivity contribution in [3.8, 4) is 0 Å². The molecule has 1 rings (SSSR count). The quantitative estimate of drug-likeness (QED) is 0.636. The molecule has 0 aliphatic carbocycles. The fourth-order valence-corrected chi connectivity index (χ4v) is 0.932. The Labute approximate surface area is 65.8 Å². The van der Waals surface area contributed by atoms with Crippen LogP contribution in [-0.4, -0.2) is 7.11 Å². The highest BCUT2D eigenvalue weighted by Gasteiger charge is 2.07. The molecule has 1 nitrogen and oxygen atoms in total. The number of methoxy groups -OCH3 is 1. The molecule has 11 heavy (non-hydrogen) atoms. The first-order valence-corrected chi connectivity index (χ1v) is 3.53. The minimum absolute atomic E-state index is 0.170. The van der Waals surface area contributed by atoms with Gasteiger partial charge in [-0.15, -0.1) is 0 Å². The summed E-state index contributed by atoms with van der Waals surface area (Å²) in [6, 6.07) is 6.63. The molecule has 0 heterocycles. The van der Waals surface area contributed by atoms with Gasteiger partial charge in [0.05, 0.1) is 6.10 Å². The normalized spacial score (nSPS) is 13.0. The van der Waals surface area contributed by atoms with Crippen molar-refractivity contribution in [3.05, 3.63) is 35.6 Å². The maximum absolute atomic E-state index is 12.9. The van der Waals surface area contributed by atoms with Gasteiger partial charge in [0, 0.05) is 12.7 Å². The van der Waals surface area contributed by atoms with Gasteiger partial charge in [-0.2, -0.15) is 0 Å². The standard InChI is InChI=1S/C9H11FO/c1-7(11-2)8-5-3-4-6-9(8)10/h3-7H,1-2H3/t7-/m1/s1. The molecule has 1 atom stereocenters. The largest absolute Gasteiger partial charge is 0.377 e. The van der Waals surface area contributed by atoms with Gasteiger partial charge in [-0.1, -0.05) is 18.2 Å². The van der Waals surface area contributed by atoms with Crippen LogP contribution in [0.3, 0.4) is 0 Å². The fraction of sp³-hybridized carbons (Fsp3) is 0.333. The third-order valence-corrected chi connectivity index (χ3v) is 1.70. The smallest absolute Gasteiger partial charge is 0.128 e. The van der Waals surface area contributed by atoms with Crippen LogP contribution in [0.1, 0.15) is 18.6 Å². The van der Waals surface area contributed by atoms with Crippen molar-refractivity contribution >= 4 is 0 Å². The van der Waals surface area contributed by atoms with Gasteiger partial charge in [0.15, 0.2) is 0 Å². The maximum atomic E-state index is 12.9. The first kappa shape index (κ1) is 8.21. The molecule has 0 N–H and O–H groups in total. The maximum Gasteiger partial charge on any atom is 0.128 e. The first-order chi connectivity index (χ1) is 5.25. The molecule has 0 amide bonds. The van der Waals surface area contributed by atoms with Gasteiger partial charge in [0.2, 0.25) is 0 Å². The number of ether oxygens (including phenoxy) is 1. The summed E-state index contributed by atoms with van der Waals surface area (Å²) < 4.78 is 17.9. The Balaban J connectivity index is 2.93. The van der Waals surface area contributed by atoms with E-state index in [2.05, 4.69) is 0 Å². The highest BCUT2D eigenvalue weighted by atomic mass is 19.1. The molecule has 0 radical (unpaired) electrons. The van der Waals surface area contributed by atoms with Gasteiger partial charge < -0.3 is 4.74 Å². The van der Waals surface area contributed by atoms with Crippen molar-refractivity contribution in [2.75, 3.05) is 7.11 Å². The van der Waals surface area contributed by atoms with Crippen LogP contribution >= 0.6 is 0 Å². The Hall–Kier alpha value is -0.890. The van der Waals surface area contributed by atoms with E-state index in [9.17, 15) is 4.39 Å². The summed E-state index contributed by atoms with van der Waals surface area (Å²) in [5.41, 5.74) is 0.606. The number of halogens is 1. The van der Waals surface area contributed by atoms with E-state index in [0.717, 1.165) is 0 Å². The molecule has 0 aliphatic heterocycles. The lowest BCUT2D eigenvalue weighted by molar-refractivity contribution is 0.116. The fourth-order valence-electron chi connectivity index (χ4n) is 0.932. The summed E-state index contributed by atoms with van der Waals surface area (Å²) in [5.74, 6) is -0.207. The third-order valence-electron chi connectivity index (χ3n) is 1.70. The number of hydrogen-bond donors (Lipinski definition) is 0. The van der Waals surface area contributed by atoms with Crippen molar-refractivity contribution in [2.24, 2.45) is 0 Å². The number of benzene rings is 1. The average molecular weight is 154 g/mol. The van der Waals surface area contributed by atoms with Crippen molar-refractivity contribution in [3.63, 3.8) is 0 Å². The van der Waals surface area contributed by atoms with Crippen LogP contribution in [0.2, 0.25) is 0 Å². The molecule has 1 aromatic carbocycles. The Morgan fingerprint density at radius 2 is 2.00 bits per heavy atom. The van der Waals surface area contributed by atoms with E-state index in [4.69, 9.17) is 4.74 Å². The summed E-state index contributed by atoms with van der Waals surface area (Å²) >= 11 is 0. The topological polar surface area (TPSA) is 9.23 Å². The van der Waals surface area contributed by atoms with E-state index >= 15 is 0 Å². The van der Waals surface area contributed by atoms with Gasteiger partial charge in [0.25, 0.3) is 0 Å². The van der Waals surface area contributed by atoms with Crippen LogP contribution in [0.4, 0.5) is 4.39 Å². The predicted octanol–water partition coefficient (Wildman–Crippen LogP) is 2.53. The third kappa shape index (κ3) is 1.77. The molecule has 2 heteroatoms. The zero-order chi connectivity index (χ0) is 8.27. The van der Waals surface area contributed by atoms with Crippen molar-refractivity contribution < 1.29 is 9.13 Å². The summed E-state index contributed by atoms with van der Waals surface area (Å²) in [6.45, 7) is 1.82. The SMILES string of the molecule is CO[C@H](C)c1ccccc1F. The van der Waals surface area contributed by atoms with E-state index in [1.54, 1.807) is 25.3 Å². The molecular formula is C9H11FO. The zero-order valence-electron chi connectivity index (χ0n) is 6.67. The molecule has 60 valence electrons. The van der Waals surface area contributed by atoms with E-state index in [1.807, 2.05) is 6.92 Å². The molecule has 0 aromatic heterocycles. The zero-order valence-corrected chi connectivity index (χ0v) is 6.67. The first-order valence-electron chi connectivity index (χ1n) is 3.53. The highest BCUT2D eigenvalue weighted by Crippen LogP contribution is 2.18. The van der Waals surface area contributed by atoms with Crippen LogP contribution in [0.5, 0.6) is 0 Å². The van der Waals surface area contributed by atoms with Gasteiger partial charge >= 0.3 is 0 Å². The van der Waals surface area contributed by atoms with Crippen LogP contribution in [0.15, 0.2) is 24.3 Å². The van der Waals surface area contributed by atoms with Crippen LogP contribution in [-0.2, 0) is 4.74 Å². The van der Waals surface area contributed by atoms with E-state index in [1.165, 1.54) is 6.07 Å². The van der Waals surface area contributed by atoms with E-state index < -0.39 is 0 Å². The average Bonchev–Trinajstić information content (AvgIpc) is 2.04. The second-order valence-corrected chi connectivity index (χ2v) is 2.40. The lowest BCUT2D eigenvalue weighted by Gasteiger charge is -2.09. The molecule has 0 fully saturated rings. The summed E-state index contributed by atoms with van der Waals surface area (Å²) in [4.78, 5) is 0. The molecule has 0 aliphatic rings. The molecule has 1 aromatic rings. The second kappa shape index (κ2) is 3.49. The molecule has 0 saturated carbocycles. The Morgan fingerprint density at radius 3 is 2.55 bits per heavy atom. The van der Waals surface area contributed by atoms with Crippen molar-refractivity contribution in [1.82, 2.24) is 0 Å². The van der Waals surface area contributed by atoms with E-state index in [0.29, 0.717) is 5.56 Å². The van der Waals surface area contributed by atoms with Gasteiger partial charge in [-0.3, -0.25) is 0 Å². The highest BCUT2D eigenvalue weighted by molar-refractivity contribution is 5.19. The Bertz CT molecular complexity index is 235. The van der Waals surface area contributed by atoms with E-state index in [-0.39, 0.29) is 11.9 Å². The van der Waals surface area contributed by atoms with Gasteiger partial charge in [-0.25, -0.2) is 4.39 Å². The van der Waals surface area contributed by atoms with Gasteiger partial charge in [-0.05, 0) is 13.0 Å². The Morgan fingerprint density at radius 1 is 1.36 bits per heavy atom. The lowest BCUT2D eigenvalue weighted by Crippen LogP contribution is -1.98. The minimum atomic E-state index is -0.207. The molecule has 0 unspecified atom stereocenters. The summed E-state index contributed by atoms with van der Waals surface area (Å²) in [6.07, 6.45) is -0.170. The molecule has 0 bridgehead atoms. The van der Waals surface area contributed by atoms with Crippen LogP contribution in [0.25, 0.3) is 0 Å². The molecular weight excluding hydrogens is 143 g/mol. The van der Waals surface area contributed by atoms with Crippen LogP contribution in [0, 0.1) is 5.82 Å². The van der Waals surface area contributed by atoms with Crippen molar-refractivity contribution in [1.29, 1.82) is 0 Å². The minimum Gasteiger partial charge on any atom is -0.377 e. The van der Waals surface area contributed by atoms with Crippen LogP contribution < -0.4 is 0 Å². The summed E-state index contributed by atoms with van der Waals surface area (Å²) in [7, 11) is 1.57. The molecule has 0 spiro atoms. The number of hydrogen-bond acceptors (Lipinski definition) is 1. The second-order valence-electron chi connectivity index (χ2n) is 2.40. The van der Waals surface area contributed by atoms with Gasteiger partial charge in [0.1, 0.15) is 5.82 Å². The number of rotatable bonds is 2. The lowest BCUT2D eigenvalue weighted by atomic mass is 10.1.